The number of nitrogens with zero attached hydrogens (tertiary/aromatic N) is 1. The van der Waals surface area contributed by atoms with Crippen molar-refractivity contribution in [3.05, 3.63) is 11.8 Å². The van der Waals surface area contributed by atoms with Gasteiger partial charge < -0.3 is 4.74 Å². The highest BCUT2D eigenvalue weighted by Crippen LogP contribution is 2.44. The first kappa shape index (κ1) is 7.14. The lowest BCUT2D eigenvalue weighted by molar-refractivity contribution is 0.289. The smallest absolute Gasteiger partial charge is 0.0832 e. The first-order valence-corrected chi connectivity index (χ1v) is 3.36. The molecule has 0 radical (unpaired) electrons. The van der Waals surface area contributed by atoms with Crippen LogP contribution in [0.5, 0.6) is 0 Å². The highest BCUT2D eigenvalue weighted by atomic mass is 16.5. The van der Waals surface area contributed by atoms with E-state index in [9.17, 15) is 0 Å². The van der Waals surface area contributed by atoms with E-state index >= 15 is 0 Å². The zero-order valence-corrected chi connectivity index (χ0v) is 6.35. The van der Waals surface area contributed by atoms with E-state index in [1.54, 1.807) is 13.4 Å². The highest BCUT2D eigenvalue weighted by Gasteiger charge is 2.37. The fourth-order valence-corrected chi connectivity index (χ4v) is 1.10. The van der Waals surface area contributed by atoms with Crippen LogP contribution in [0.15, 0.2) is 11.8 Å². The molecule has 0 amide bonds. The standard InChI is InChI=1S/C8H11NO/c1-8(6-9)4-3-7(8)5-10-2/h5H,3-4H2,1-2H3. The van der Waals surface area contributed by atoms with Crippen molar-refractivity contribution in [2.24, 2.45) is 5.41 Å². The van der Waals surface area contributed by atoms with Crippen molar-refractivity contribution in [2.45, 2.75) is 19.8 Å². The topological polar surface area (TPSA) is 33.0 Å². The Hall–Kier alpha value is -0.970. The van der Waals surface area contributed by atoms with Crippen LogP contribution in [-0.2, 0) is 4.74 Å². The lowest BCUT2D eigenvalue weighted by atomic mass is 9.67. The molecule has 0 N–H and O–H groups in total. The molecule has 1 fully saturated rings. The third-order valence-electron chi connectivity index (χ3n) is 2.11. The summed E-state index contributed by atoms with van der Waals surface area (Å²) in [5.74, 6) is 0. The van der Waals surface area contributed by atoms with Gasteiger partial charge in [-0.15, -0.1) is 0 Å². The second-order valence-corrected chi connectivity index (χ2v) is 2.82. The average molecular weight is 137 g/mol. The fourth-order valence-electron chi connectivity index (χ4n) is 1.10. The number of hydrogen-bond donors (Lipinski definition) is 0. The number of ether oxygens (including phenoxy) is 1. The van der Waals surface area contributed by atoms with Crippen LogP contribution in [0.1, 0.15) is 19.8 Å². The molecule has 10 heavy (non-hydrogen) atoms. The van der Waals surface area contributed by atoms with E-state index in [2.05, 4.69) is 6.07 Å². The first-order valence-electron chi connectivity index (χ1n) is 3.36. The van der Waals surface area contributed by atoms with Crippen LogP contribution in [-0.4, -0.2) is 7.11 Å². The Morgan fingerprint density at radius 1 is 1.80 bits per heavy atom. The molecule has 1 unspecified atom stereocenters. The summed E-state index contributed by atoms with van der Waals surface area (Å²) in [7, 11) is 1.61. The zero-order valence-electron chi connectivity index (χ0n) is 6.35. The number of allylic oxidation sites excluding steroid dienone is 1. The van der Waals surface area contributed by atoms with Gasteiger partial charge in [0.25, 0.3) is 0 Å². The Kier molecular flexibility index (Phi) is 1.67. The van der Waals surface area contributed by atoms with Crippen LogP contribution in [0, 0.1) is 16.7 Å². The van der Waals surface area contributed by atoms with Crippen LogP contribution in [0.4, 0.5) is 0 Å². The van der Waals surface area contributed by atoms with Gasteiger partial charge in [-0.05, 0) is 25.3 Å². The minimum absolute atomic E-state index is 0.226. The predicted molar refractivity (Wildman–Crippen MR) is 38.0 cm³/mol. The molecule has 1 atom stereocenters. The van der Waals surface area contributed by atoms with Gasteiger partial charge in [-0.3, -0.25) is 0 Å². The molecule has 1 aliphatic rings. The van der Waals surface area contributed by atoms with Crippen LogP contribution in [0.3, 0.4) is 0 Å². The summed E-state index contributed by atoms with van der Waals surface area (Å²) in [6, 6.07) is 2.26. The van der Waals surface area contributed by atoms with Gasteiger partial charge in [-0.2, -0.15) is 5.26 Å². The van der Waals surface area contributed by atoms with E-state index in [-0.39, 0.29) is 5.41 Å². The molecule has 0 aliphatic heterocycles. The SMILES string of the molecule is COC=C1CCC1(C)C#N. The summed E-state index contributed by atoms with van der Waals surface area (Å²) in [5, 5.41) is 8.70. The maximum absolute atomic E-state index is 8.70. The van der Waals surface area contributed by atoms with Crippen LogP contribution >= 0.6 is 0 Å². The van der Waals surface area contributed by atoms with Gasteiger partial charge in [-0.1, -0.05) is 0 Å². The maximum atomic E-state index is 8.70. The normalized spacial score (nSPS) is 34.7. The van der Waals surface area contributed by atoms with E-state index in [1.807, 2.05) is 6.92 Å². The van der Waals surface area contributed by atoms with Crippen LogP contribution in [0.2, 0.25) is 0 Å². The van der Waals surface area contributed by atoms with Crippen molar-refractivity contribution in [1.82, 2.24) is 0 Å². The molecule has 0 saturated heterocycles. The molecule has 1 saturated carbocycles. The van der Waals surface area contributed by atoms with Crippen molar-refractivity contribution in [3.63, 3.8) is 0 Å². The predicted octanol–water partition coefficient (Wildman–Crippen LogP) is 1.84. The third-order valence-corrected chi connectivity index (χ3v) is 2.11. The van der Waals surface area contributed by atoms with Gasteiger partial charge in [0.2, 0.25) is 0 Å². The van der Waals surface area contributed by atoms with E-state index in [0.717, 1.165) is 18.4 Å². The summed E-state index contributed by atoms with van der Waals surface area (Å²) in [5.41, 5.74) is 0.897. The van der Waals surface area contributed by atoms with Gasteiger partial charge in [-0.25, -0.2) is 0 Å². The molecule has 0 bridgehead atoms. The summed E-state index contributed by atoms with van der Waals surface area (Å²) in [6.07, 6.45) is 3.67. The van der Waals surface area contributed by atoms with Crippen molar-refractivity contribution in [1.29, 1.82) is 5.26 Å². The monoisotopic (exact) mass is 137 g/mol. The van der Waals surface area contributed by atoms with Gasteiger partial charge in [0.05, 0.1) is 24.9 Å². The lowest BCUT2D eigenvalue weighted by Gasteiger charge is -2.34. The molecule has 54 valence electrons. The minimum Gasteiger partial charge on any atom is -0.504 e. The summed E-state index contributed by atoms with van der Waals surface area (Å²) in [6.45, 7) is 1.95. The Bertz CT molecular complexity index is 202. The second-order valence-electron chi connectivity index (χ2n) is 2.82. The second kappa shape index (κ2) is 2.34. The van der Waals surface area contributed by atoms with E-state index in [0.29, 0.717) is 0 Å². The van der Waals surface area contributed by atoms with Gasteiger partial charge in [0, 0.05) is 0 Å². The average Bonchev–Trinajstić information content (AvgIpc) is 1.96. The fraction of sp³-hybridized carbons (Fsp3) is 0.625. The van der Waals surface area contributed by atoms with E-state index < -0.39 is 0 Å². The van der Waals surface area contributed by atoms with Gasteiger partial charge >= 0.3 is 0 Å². The molecule has 0 heterocycles. The molecule has 2 heteroatoms. The Morgan fingerprint density at radius 3 is 2.80 bits per heavy atom. The Morgan fingerprint density at radius 2 is 2.50 bits per heavy atom. The number of hydrogen-bond acceptors (Lipinski definition) is 2. The van der Waals surface area contributed by atoms with Crippen LogP contribution < -0.4 is 0 Å². The van der Waals surface area contributed by atoms with Crippen molar-refractivity contribution < 1.29 is 4.74 Å². The summed E-state index contributed by atoms with van der Waals surface area (Å²) < 4.78 is 4.83. The molecule has 1 aliphatic carbocycles. The number of nitriles is 1. The zero-order chi connectivity index (χ0) is 7.61. The highest BCUT2D eigenvalue weighted by molar-refractivity contribution is 5.28. The first-order chi connectivity index (χ1) is 4.73. The van der Waals surface area contributed by atoms with Crippen molar-refractivity contribution in [2.75, 3.05) is 7.11 Å². The van der Waals surface area contributed by atoms with Gasteiger partial charge in [0.1, 0.15) is 0 Å². The molecule has 0 aromatic heterocycles. The molecule has 0 aromatic carbocycles. The van der Waals surface area contributed by atoms with Crippen molar-refractivity contribution in [3.8, 4) is 6.07 Å². The lowest BCUT2D eigenvalue weighted by Crippen LogP contribution is -2.27. The third kappa shape index (κ3) is 0.881. The quantitative estimate of drug-likeness (QED) is 0.516. The maximum Gasteiger partial charge on any atom is 0.0832 e. The molecule has 0 spiro atoms. The molecule has 1 rings (SSSR count). The summed E-state index contributed by atoms with van der Waals surface area (Å²) in [4.78, 5) is 0. The molecule has 0 aromatic rings. The van der Waals surface area contributed by atoms with Crippen LogP contribution in [0.25, 0.3) is 0 Å². The van der Waals surface area contributed by atoms with Crippen molar-refractivity contribution >= 4 is 0 Å². The Balaban J connectivity index is 2.69. The minimum atomic E-state index is -0.226. The molecule has 2 nitrogen and oxygen atoms in total. The van der Waals surface area contributed by atoms with Gasteiger partial charge in [0.15, 0.2) is 0 Å². The van der Waals surface area contributed by atoms with E-state index in [4.69, 9.17) is 10.00 Å². The number of methoxy groups -OCH3 is 1. The molecular weight excluding hydrogens is 126 g/mol. The number of rotatable bonds is 1. The Labute approximate surface area is 61.1 Å². The largest absolute Gasteiger partial charge is 0.504 e. The summed E-state index contributed by atoms with van der Waals surface area (Å²) >= 11 is 0. The van der Waals surface area contributed by atoms with E-state index in [1.165, 1.54) is 0 Å². The molecular formula is C8H11NO.